The van der Waals surface area contributed by atoms with E-state index in [-0.39, 0.29) is 0 Å². The molecule has 0 radical (unpaired) electrons. The summed E-state index contributed by atoms with van der Waals surface area (Å²) < 4.78 is 37.4. The summed E-state index contributed by atoms with van der Waals surface area (Å²) in [6.07, 6.45) is 12.3. The molecule has 4 aliphatic heterocycles. The van der Waals surface area contributed by atoms with E-state index in [2.05, 4.69) is 185 Å². The molecule has 19 heteroatoms. The minimum absolute atomic E-state index is 0.548. The maximum absolute atomic E-state index is 5.78. The van der Waals surface area contributed by atoms with Crippen molar-refractivity contribution in [3.63, 3.8) is 0 Å². The first-order valence-corrected chi connectivity index (χ1v) is 37.4. The fourth-order valence-corrected chi connectivity index (χ4v) is 13.1. The highest BCUT2D eigenvalue weighted by atomic mass is 16.5. The van der Waals surface area contributed by atoms with Crippen molar-refractivity contribution in [2.24, 2.45) is 0 Å². The molecule has 100 heavy (non-hydrogen) atoms. The third-order valence-corrected chi connectivity index (χ3v) is 19.3. The van der Waals surface area contributed by atoms with Gasteiger partial charge in [-0.3, -0.25) is 19.6 Å². The molecule has 544 valence electrons. The maximum Gasteiger partial charge on any atom is 0.134 e. The van der Waals surface area contributed by atoms with Crippen LogP contribution in [0.2, 0.25) is 0 Å². The van der Waals surface area contributed by atoms with Crippen LogP contribution >= 0.6 is 0 Å². The number of benzene rings is 4. The third kappa shape index (κ3) is 28.2. The summed E-state index contributed by atoms with van der Waals surface area (Å²) in [5, 5.41) is 16.0. The molecule has 8 heterocycles. The summed E-state index contributed by atoms with van der Waals surface area (Å²) >= 11 is 0. The lowest BCUT2D eigenvalue weighted by molar-refractivity contribution is 0.0997. The minimum Gasteiger partial charge on any atom is -0.381 e. The number of hydrogen-bond donors (Lipinski definition) is 0. The molecule has 4 fully saturated rings. The number of aryl methyl sites for hydroxylation is 10. The van der Waals surface area contributed by atoms with Crippen molar-refractivity contribution < 1.29 is 32.3 Å². The van der Waals surface area contributed by atoms with Crippen LogP contribution in [0.25, 0.3) is 0 Å². The van der Waals surface area contributed by atoms with Gasteiger partial charge in [-0.2, -0.15) is 0 Å². The lowest BCUT2D eigenvalue weighted by Crippen LogP contribution is -2.47. The molecule has 4 aromatic carbocycles. The van der Waals surface area contributed by atoms with Crippen LogP contribution in [0.3, 0.4) is 0 Å². The van der Waals surface area contributed by atoms with Crippen LogP contribution in [0.5, 0.6) is 0 Å². The van der Waals surface area contributed by atoms with E-state index in [1.54, 1.807) is 0 Å². The van der Waals surface area contributed by atoms with Gasteiger partial charge in [-0.15, -0.1) is 0 Å². The molecule has 0 atom stereocenters. The predicted octanol–water partition coefficient (Wildman–Crippen LogP) is 13.8. The maximum atomic E-state index is 5.78. The Kier molecular flexibility index (Phi) is 32.9. The molecule has 0 unspecified atom stereocenters. The summed E-state index contributed by atoms with van der Waals surface area (Å²) in [7, 11) is 0. The molecule has 0 saturated carbocycles. The first kappa shape index (κ1) is 76.8. The van der Waals surface area contributed by atoms with Crippen molar-refractivity contribution >= 4 is 22.7 Å². The molecule has 4 aliphatic rings. The van der Waals surface area contributed by atoms with Crippen molar-refractivity contribution in [3.05, 3.63) is 189 Å². The molecular weight excluding hydrogens is 1250 g/mol. The van der Waals surface area contributed by atoms with Gasteiger partial charge in [-0.25, -0.2) is 0 Å². The Bertz CT molecular complexity index is 2970. The monoisotopic (exact) mass is 1370 g/mol. The first-order chi connectivity index (χ1) is 48.8. The molecule has 0 N–H and O–H groups in total. The van der Waals surface area contributed by atoms with Crippen LogP contribution in [0, 0.1) is 55.4 Å². The number of unbranched alkanes of at least 4 members (excludes halogenated alkanes) is 4. The van der Waals surface area contributed by atoms with Crippen molar-refractivity contribution in [2.75, 3.05) is 184 Å². The zero-order chi connectivity index (χ0) is 69.9. The summed E-state index contributed by atoms with van der Waals surface area (Å²) in [5.41, 5.74) is 14.7. The number of ether oxygens (including phenoxy) is 3. The number of aromatic nitrogens is 4. The van der Waals surface area contributed by atoms with Crippen LogP contribution in [-0.4, -0.2) is 204 Å². The Morgan fingerprint density at radius 2 is 0.570 bits per heavy atom. The first-order valence-electron chi connectivity index (χ1n) is 37.4. The van der Waals surface area contributed by atoms with Crippen LogP contribution < -0.4 is 19.6 Å². The Balaban J connectivity index is 0.000000156. The van der Waals surface area contributed by atoms with Gasteiger partial charge in [0.2, 0.25) is 0 Å². The van der Waals surface area contributed by atoms with E-state index in [4.69, 9.17) is 32.3 Å². The van der Waals surface area contributed by atoms with E-state index in [0.29, 0.717) is 13.2 Å². The summed E-state index contributed by atoms with van der Waals surface area (Å²) in [5.74, 6) is 3.49. The van der Waals surface area contributed by atoms with Crippen LogP contribution in [-0.2, 0) is 40.1 Å². The zero-order valence-corrected chi connectivity index (χ0v) is 61.9. The summed E-state index contributed by atoms with van der Waals surface area (Å²) in [6, 6.07) is 43.4. The van der Waals surface area contributed by atoms with Crippen LogP contribution in [0.1, 0.15) is 119 Å². The lowest BCUT2D eigenvalue weighted by atomic mass is 10.1. The molecule has 19 nitrogen and oxygen atoms in total. The molecule has 0 bridgehead atoms. The predicted molar refractivity (Wildman–Crippen MR) is 404 cm³/mol. The molecule has 0 aliphatic carbocycles. The van der Waals surface area contributed by atoms with Crippen molar-refractivity contribution in [2.45, 2.75) is 133 Å². The molecule has 4 saturated heterocycles. The highest BCUT2D eigenvalue weighted by molar-refractivity contribution is 5.50. The molecule has 0 spiro atoms. The van der Waals surface area contributed by atoms with Gasteiger partial charge in [0.25, 0.3) is 0 Å². The van der Waals surface area contributed by atoms with Gasteiger partial charge in [0.05, 0.1) is 36.9 Å². The Morgan fingerprint density at radius 3 is 0.950 bits per heavy atom. The summed E-state index contributed by atoms with van der Waals surface area (Å²) in [4.78, 5) is 20.1. The highest BCUT2D eigenvalue weighted by Crippen LogP contribution is 2.22. The van der Waals surface area contributed by atoms with E-state index >= 15 is 0 Å². The van der Waals surface area contributed by atoms with E-state index < -0.39 is 0 Å². The highest BCUT2D eigenvalue weighted by Gasteiger charge is 2.21. The van der Waals surface area contributed by atoms with Gasteiger partial charge in [0.15, 0.2) is 0 Å². The second-order valence-corrected chi connectivity index (χ2v) is 27.7. The Morgan fingerprint density at radius 1 is 0.270 bits per heavy atom. The van der Waals surface area contributed by atoms with Crippen LogP contribution in [0.4, 0.5) is 22.7 Å². The fourth-order valence-electron chi connectivity index (χ4n) is 13.1. The molecule has 0 amide bonds. The number of rotatable bonds is 32. The largest absolute Gasteiger partial charge is 0.381 e. The van der Waals surface area contributed by atoms with Gasteiger partial charge >= 0.3 is 0 Å². The standard InChI is InChI=1S/C21H31N3O.3C20H29N3O2/c1-18-8-10-21(11-9-18)24-15-13-23(14-16-24)12-6-4-3-5-7-20-17-19(2)25-22-20;1-17-4-6-20(7-5-17)23-12-10-22(11-13-23)9-3-14-24-15-8-19-16-18(2)25-21-19;1-17-5-7-20(8-6-17)23-11-9-22(10-12-23)13-15-24-14-3-4-19-16-18(2)25-21-19;1-17-5-7-20(8-6-17)23-12-10-22(11-13-23)9-3-4-14-24-16-19-15-18(2)25-21-19/h8-11,17H,3-7,12-16H2,1-2H3;4-7,16H,3,8-15H2,1-2H3;5-8,16H,3-4,9-15H2,1-2H3;5-8,15H,3-4,9-14,16H2,1-2H3. The van der Waals surface area contributed by atoms with Crippen LogP contribution in [0.15, 0.2) is 139 Å². The van der Waals surface area contributed by atoms with Gasteiger partial charge in [-0.1, -0.05) is 104 Å². The normalized spacial score (nSPS) is 15.7. The average molecular weight is 1370 g/mol. The van der Waals surface area contributed by atoms with Gasteiger partial charge in [0.1, 0.15) is 28.7 Å². The Hall–Kier alpha value is -7.36. The molecule has 12 rings (SSSR count). The smallest absolute Gasteiger partial charge is 0.134 e. The second kappa shape index (κ2) is 42.8. The summed E-state index contributed by atoms with van der Waals surface area (Å²) in [6.45, 7) is 43.3. The lowest BCUT2D eigenvalue weighted by Gasteiger charge is -2.36. The minimum atomic E-state index is 0.548. The van der Waals surface area contributed by atoms with Crippen molar-refractivity contribution in [1.29, 1.82) is 0 Å². The number of nitrogens with zero attached hydrogens (tertiary/aromatic N) is 12. The van der Waals surface area contributed by atoms with E-state index in [1.807, 2.05) is 52.0 Å². The van der Waals surface area contributed by atoms with Crippen molar-refractivity contribution in [1.82, 2.24) is 40.2 Å². The molecule has 4 aromatic heterocycles. The average Bonchev–Trinajstić information content (AvgIpc) is 1.19. The number of piperazine rings is 4. The zero-order valence-electron chi connectivity index (χ0n) is 61.9. The van der Waals surface area contributed by atoms with Gasteiger partial charge in [0, 0.05) is 191 Å². The van der Waals surface area contributed by atoms with E-state index in [9.17, 15) is 0 Å². The molecule has 8 aromatic rings. The van der Waals surface area contributed by atoms with E-state index in [0.717, 1.165) is 222 Å². The molecular formula is C81H118N12O7. The quantitative estimate of drug-likeness (QED) is 0.0366. The van der Waals surface area contributed by atoms with Gasteiger partial charge in [-0.05, 0) is 168 Å². The topological polar surface area (TPSA) is 158 Å². The van der Waals surface area contributed by atoms with Gasteiger partial charge < -0.3 is 51.9 Å². The fraction of sp³-hybridized carbons (Fsp3) is 0.556. The van der Waals surface area contributed by atoms with Crippen molar-refractivity contribution in [3.8, 4) is 0 Å². The third-order valence-electron chi connectivity index (χ3n) is 19.3. The number of anilines is 4. The van der Waals surface area contributed by atoms with E-state index in [1.165, 1.54) is 96.7 Å². The number of hydrogen-bond acceptors (Lipinski definition) is 19. The SMILES string of the molecule is Cc1ccc(N2CCN(CCCCCCc3cc(C)on3)CC2)cc1.Cc1ccc(N2CCN(CCCCOCc3cc(C)on3)CC2)cc1.Cc1ccc(N2CCN(CCCOCCc3cc(C)on3)CC2)cc1.Cc1ccc(N2CCN(CCOCCCc3cc(C)on3)CC2)cc1. The second-order valence-electron chi connectivity index (χ2n) is 27.7. The Labute approximate surface area is 598 Å².